The number of carbonyl (C=O) groups is 1. The number of likely N-dealkylation sites (N-methyl/N-ethyl adjacent to an activating group) is 1. The molecule has 90 valence electrons. The van der Waals surface area contributed by atoms with Crippen molar-refractivity contribution in [3.63, 3.8) is 0 Å². The van der Waals surface area contributed by atoms with Gasteiger partial charge < -0.3 is 15.5 Å². The van der Waals surface area contributed by atoms with Gasteiger partial charge in [0, 0.05) is 26.2 Å². The Hall–Kier alpha value is -1.12. The van der Waals surface area contributed by atoms with E-state index in [2.05, 4.69) is 35.5 Å². The molecule has 1 rings (SSSR count). The van der Waals surface area contributed by atoms with E-state index in [1.807, 2.05) is 0 Å². The van der Waals surface area contributed by atoms with Crippen LogP contribution in [0, 0.1) is 16.7 Å². The molecule has 0 aromatic rings. The van der Waals surface area contributed by atoms with E-state index in [4.69, 9.17) is 5.26 Å². The van der Waals surface area contributed by atoms with Crippen LogP contribution < -0.4 is 10.6 Å². The largest absolute Gasteiger partial charge is 0.353 e. The van der Waals surface area contributed by atoms with E-state index in [0.717, 1.165) is 19.6 Å². The Morgan fingerprint density at radius 2 is 2.12 bits per heavy atom. The predicted octanol–water partition coefficient (Wildman–Crippen LogP) is -0.442. The molecule has 0 aliphatic carbocycles. The van der Waals surface area contributed by atoms with Crippen molar-refractivity contribution >= 4 is 5.91 Å². The summed E-state index contributed by atoms with van der Waals surface area (Å²) in [6, 6.07) is 2.09. The highest BCUT2D eigenvalue weighted by atomic mass is 16.2. The summed E-state index contributed by atoms with van der Waals surface area (Å²) in [5.41, 5.74) is -0.816. The van der Waals surface area contributed by atoms with Crippen LogP contribution >= 0.6 is 0 Å². The molecule has 1 amide bonds. The topological polar surface area (TPSA) is 68.2 Å². The van der Waals surface area contributed by atoms with Gasteiger partial charge in [0.2, 0.25) is 5.91 Å². The monoisotopic (exact) mass is 224 g/mol. The zero-order valence-corrected chi connectivity index (χ0v) is 10.0. The Balaban J connectivity index is 2.28. The van der Waals surface area contributed by atoms with E-state index < -0.39 is 5.41 Å². The molecule has 0 unspecified atom stereocenters. The van der Waals surface area contributed by atoms with Gasteiger partial charge in [-0.1, -0.05) is 13.8 Å². The third-order valence-electron chi connectivity index (χ3n) is 3.11. The first-order chi connectivity index (χ1) is 7.68. The summed E-state index contributed by atoms with van der Waals surface area (Å²) in [5.74, 6) is -0.138. The van der Waals surface area contributed by atoms with Crippen molar-refractivity contribution in [3.05, 3.63) is 0 Å². The van der Waals surface area contributed by atoms with Crippen molar-refractivity contribution < 1.29 is 4.79 Å². The lowest BCUT2D eigenvalue weighted by Crippen LogP contribution is -2.61. The smallest absolute Gasteiger partial charge is 0.243 e. The number of nitriles is 1. The molecule has 1 fully saturated rings. The summed E-state index contributed by atoms with van der Waals surface area (Å²) in [4.78, 5) is 14.0. The molecule has 0 radical (unpaired) electrons. The lowest BCUT2D eigenvalue weighted by atomic mass is 9.82. The maximum Gasteiger partial charge on any atom is 0.243 e. The lowest BCUT2D eigenvalue weighted by molar-refractivity contribution is -0.130. The second-order valence-electron chi connectivity index (χ2n) is 4.08. The Kier molecular flexibility index (Phi) is 4.71. The molecule has 1 saturated heterocycles. The first kappa shape index (κ1) is 12.9. The van der Waals surface area contributed by atoms with Gasteiger partial charge in [-0.25, -0.2) is 0 Å². The molecule has 0 aromatic carbocycles. The Labute approximate surface area is 96.8 Å². The average molecular weight is 224 g/mol. The van der Waals surface area contributed by atoms with Crippen molar-refractivity contribution in [2.75, 3.05) is 39.3 Å². The Morgan fingerprint density at radius 1 is 1.50 bits per heavy atom. The molecule has 1 heterocycles. The van der Waals surface area contributed by atoms with Crippen LogP contribution in [0.15, 0.2) is 0 Å². The normalized spacial score (nSPS) is 17.6. The van der Waals surface area contributed by atoms with Crippen molar-refractivity contribution in [2.45, 2.75) is 13.8 Å². The number of amides is 1. The zero-order valence-electron chi connectivity index (χ0n) is 10.0. The van der Waals surface area contributed by atoms with Crippen molar-refractivity contribution in [2.24, 2.45) is 5.41 Å². The van der Waals surface area contributed by atoms with E-state index >= 15 is 0 Å². The zero-order chi connectivity index (χ0) is 12.0. The van der Waals surface area contributed by atoms with Gasteiger partial charge in [0.25, 0.3) is 0 Å². The van der Waals surface area contributed by atoms with E-state index in [-0.39, 0.29) is 5.91 Å². The highest BCUT2D eigenvalue weighted by Gasteiger charge is 2.44. The molecular weight excluding hydrogens is 204 g/mol. The van der Waals surface area contributed by atoms with Gasteiger partial charge in [-0.2, -0.15) is 5.26 Å². The minimum absolute atomic E-state index is 0.138. The fourth-order valence-corrected chi connectivity index (χ4v) is 1.70. The molecule has 0 bridgehead atoms. The van der Waals surface area contributed by atoms with Crippen LogP contribution in [0.5, 0.6) is 0 Å². The number of carbonyl (C=O) groups excluding carboxylic acids is 1. The molecule has 0 saturated carbocycles. The van der Waals surface area contributed by atoms with Crippen LogP contribution in [0.2, 0.25) is 0 Å². The second-order valence-corrected chi connectivity index (χ2v) is 4.08. The molecule has 0 spiro atoms. The van der Waals surface area contributed by atoms with Crippen molar-refractivity contribution in [3.8, 4) is 6.07 Å². The minimum atomic E-state index is -0.816. The standard InChI is InChI=1S/C11H20N4O/c1-3-15(4-2)6-5-14-10(16)11(7-12)8-13-9-11/h13H,3-6,8-9H2,1-2H3,(H,14,16). The van der Waals surface area contributed by atoms with Gasteiger partial charge in [-0.05, 0) is 13.1 Å². The van der Waals surface area contributed by atoms with Gasteiger partial charge in [-0.3, -0.25) is 4.79 Å². The molecule has 16 heavy (non-hydrogen) atoms. The molecule has 5 nitrogen and oxygen atoms in total. The molecular formula is C11H20N4O. The summed E-state index contributed by atoms with van der Waals surface area (Å²) in [6.07, 6.45) is 0. The number of hydrogen-bond acceptors (Lipinski definition) is 4. The molecule has 0 aromatic heterocycles. The van der Waals surface area contributed by atoms with Crippen molar-refractivity contribution in [1.82, 2.24) is 15.5 Å². The van der Waals surface area contributed by atoms with Crippen molar-refractivity contribution in [1.29, 1.82) is 5.26 Å². The highest BCUT2D eigenvalue weighted by molar-refractivity contribution is 5.87. The number of nitrogens with zero attached hydrogens (tertiary/aromatic N) is 2. The van der Waals surface area contributed by atoms with Gasteiger partial charge in [0.1, 0.15) is 0 Å². The van der Waals surface area contributed by atoms with Gasteiger partial charge in [0.05, 0.1) is 6.07 Å². The second kappa shape index (κ2) is 5.83. The minimum Gasteiger partial charge on any atom is -0.353 e. The summed E-state index contributed by atoms with van der Waals surface area (Å²) in [6.45, 7) is 8.56. The molecule has 5 heteroatoms. The maximum absolute atomic E-state index is 11.7. The van der Waals surface area contributed by atoms with Gasteiger partial charge >= 0.3 is 0 Å². The van der Waals surface area contributed by atoms with E-state index in [9.17, 15) is 4.79 Å². The maximum atomic E-state index is 11.7. The van der Waals surface area contributed by atoms with Crippen LogP contribution in [-0.4, -0.2) is 50.1 Å². The first-order valence-corrected chi connectivity index (χ1v) is 5.81. The number of nitrogens with one attached hydrogen (secondary N) is 2. The van der Waals surface area contributed by atoms with Gasteiger partial charge in [0.15, 0.2) is 5.41 Å². The summed E-state index contributed by atoms with van der Waals surface area (Å²) >= 11 is 0. The fourth-order valence-electron chi connectivity index (χ4n) is 1.70. The van der Waals surface area contributed by atoms with E-state index in [1.54, 1.807) is 0 Å². The van der Waals surface area contributed by atoms with E-state index in [0.29, 0.717) is 19.6 Å². The summed E-state index contributed by atoms with van der Waals surface area (Å²) in [7, 11) is 0. The van der Waals surface area contributed by atoms with Crippen LogP contribution in [0.4, 0.5) is 0 Å². The predicted molar refractivity (Wildman–Crippen MR) is 61.7 cm³/mol. The lowest BCUT2D eigenvalue weighted by Gasteiger charge is -2.34. The quantitative estimate of drug-likeness (QED) is 0.641. The van der Waals surface area contributed by atoms with Crippen LogP contribution in [0.25, 0.3) is 0 Å². The van der Waals surface area contributed by atoms with Crippen LogP contribution in [-0.2, 0) is 4.79 Å². The fraction of sp³-hybridized carbons (Fsp3) is 0.818. The third kappa shape index (κ3) is 2.71. The summed E-state index contributed by atoms with van der Waals surface area (Å²) in [5, 5.41) is 14.7. The number of rotatable bonds is 6. The molecule has 0 atom stereocenters. The SMILES string of the molecule is CCN(CC)CCNC(=O)C1(C#N)CNC1. The third-order valence-corrected chi connectivity index (χ3v) is 3.11. The molecule has 2 N–H and O–H groups in total. The molecule has 1 aliphatic heterocycles. The van der Waals surface area contributed by atoms with Crippen LogP contribution in [0.3, 0.4) is 0 Å². The van der Waals surface area contributed by atoms with Gasteiger partial charge in [-0.15, -0.1) is 0 Å². The van der Waals surface area contributed by atoms with Crippen LogP contribution in [0.1, 0.15) is 13.8 Å². The van der Waals surface area contributed by atoms with E-state index in [1.165, 1.54) is 0 Å². The Morgan fingerprint density at radius 3 is 2.50 bits per heavy atom. The number of hydrogen-bond donors (Lipinski definition) is 2. The Bertz CT molecular complexity index is 276. The average Bonchev–Trinajstić information content (AvgIpc) is 2.24. The first-order valence-electron chi connectivity index (χ1n) is 5.81. The molecule has 1 aliphatic rings. The summed E-state index contributed by atoms with van der Waals surface area (Å²) < 4.78 is 0. The highest BCUT2D eigenvalue weighted by Crippen LogP contribution is 2.20.